The summed E-state index contributed by atoms with van der Waals surface area (Å²) in [6.07, 6.45) is 1.46. The third-order valence-corrected chi connectivity index (χ3v) is 3.44. The predicted molar refractivity (Wildman–Crippen MR) is 58.2 cm³/mol. The second-order valence-electron chi connectivity index (χ2n) is 3.40. The molecule has 2 unspecified atom stereocenters. The molecular weight excluding hydrogens is 184 g/mol. The Kier molecular flexibility index (Phi) is 5.78. The van der Waals surface area contributed by atoms with Gasteiger partial charge in [-0.25, -0.2) is 0 Å². The molecule has 2 atom stereocenters. The highest BCUT2D eigenvalue weighted by atomic mass is 32.2. The lowest BCUT2D eigenvalue weighted by atomic mass is 10.3. The van der Waals surface area contributed by atoms with Crippen LogP contribution < -0.4 is 11.1 Å². The average molecular weight is 204 g/mol. The summed E-state index contributed by atoms with van der Waals surface area (Å²) in [6.45, 7) is 4.97. The van der Waals surface area contributed by atoms with Crippen LogP contribution in [0.15, 0.2) is 0 Å². The summed E-state index contributed by atoms with van der Waals surface area (Å²) in [7, 11) is 0. The Morgan fingerprint density at radius 1 is 1.69 bits per heavy atom. The van der Waals surface area contributed by atoms with Crippen LogP contribution in [-0.2, 0) is 4.74 Å². The van der Waals surface area contributed by atoms with Crippen molar-refractivity contribution in [3.63, 3.8) is 0 Å². The lowest BCUT2D eigenvalue weighted by Crippen LogP contribution is -2.40. The summed E-state index contributed by atoms with van der Waals surface area (Å²) in [5, 5.41) is 3.32. The van der Waals surface area contributed by atoms with Gasteiger partial charge in [0.05, 0.1) is 12.7 Å². The van der Waals surface area contributed by atoms with Crippen LogP contribution in [0.1, 0.15) is 13.3 Å². The number of nitrogens with two attached hydrogens (primary N) is 1. The van der Waals surface area contributed by atoms with Gasteiger partial charge in [0.2, 0.25) is 0 Å². The Labute approximate surface area is 84.8 Å². The van der Waals surface area contributed by atoms with Crippen molar-refractivity contribution in [2.75, 3.05) is 31.2 Å². The lowest BCUT2D eigenvalue weighted by Gasteiger charge is -2.23. The standard InChI is InChI=1S/C9H20N2OS/c1-2-8(10)6-13-7-9-5-11-3-4-12-9/h8-9,11H,2-7,10H2,1H3. The molecule has 0 radical (unpaired) electrons. The molecule has 3 N–H and O–H groups in total. The minimum Gasteiger partial charge on any atom is -0.375 e. The van der Waals surface area contributed by atoms with Gasteiger partial charge in [-0.15, -0.1) is 0 Å². The Hall–Kier alpha value is 0.230. The number of ether oxygens (including phenoxy) is 1. The lowest BCUT2D eigenvalue weighted by molar-refractivity contribution is 0.0441. The van der Waals surface area contributed by atoms with Crippen LogP contribution in [-0.4, -0.2) is 43.3 Å². The number of thioether (sulfide) groups is 1. The Morgan fingerprint density at radius 3 is 3.15 bits per heavy atom. The number of nitrogens with one attached hydrogen (secondary N) is 1. The van der Waals surface area contributed by atoms with Gasteiger partial charge in [-0.1, -0.05) is 6.92 Å². The molecular formula is C9H20N2OS. The average Bonchev–Trinajstić information content (AvgIpc) is 2.19. The molecule has 1 aliphatic rings. The first-order chi connectivity index (χ1) is 6.33. The third-order valence-electron chi connectivity index (χ3n) is 2.16. The van der Waals surface area contributed by atoms with E-state index in [1.54, 1.807) is 0 Å². The van der Waals surface area contributed by atoms with Crippen molar-refractivity contribution in [2.24, 2.45) is 5.73 Å². The zero-order valence-corrected chi connectivity index (χ0v) is 9.11. The van der Waals surface area contributed by atoms with Gasteiger partial charge < -0.3 is 15.8 Å². The summed E-state index contributed by atoms with van der Waals surface area (Å²) in [4.78, 5) is 0. The molecule has 0 aromatic rings. The van der Waals surface area contributed by atoms with E-state index >= 15 is 0 Å². The highest BCUT2D eigenvalue weighted by Gasteiger charge is 2.13. The molecule has 0 aliphatic carbocycles. The maximum absolute atomic E-state index is 5.81. The molecule has 0 amide bonds. The van der Waals surface area contributed by atoms with E-state index in [1.807, 2.05) is 11.8 Å². The van der Waals surface area contributed by atoms with Crippen molar-refractivity contribution >= 4 is 11.8 Å². The van der Waals surface area contributed by atoms with Gasteiger partial charge in [0.25, 0.3) is 0 Å². The zero-order valence-electron chi connectivity index (χ0n) is 8.29. The van der Waals surface area contributed by atoms with Gasteiger partial charge in [-0.05, 0) is 6.42 Å². The Bertz CT molecular complexity index is 129. The molecule has 1 fully saturated rings. The summed E-state index contributed by atoms with van der Waals surface area (Å²) in [5.41, 5.74) is 5.81. The van der Waals surface area contributed by atoms with E-state index in [2.05, 4.69) is 12.2 Å². The highest BCUT2D eigenvalue weighted by molar-refractivity contribution is 7.99. The van der Waals surface area contributed by atoms with Gasteiger partial charge in [-0.3, -0.25) is 0 Å². The Balaban J connectivity index is 1.98. The van der Waals surface area contributed by atoms with Crippen molar-refractivity contribution in [1.29, 1.82) is 0 Å². The van der Waals surface area contributed by atoms with Crippen LogP contribution in [0.25, 0.3) is 0 Å². The molecule has 78 valence electrons. The monoisotopic (exact) mass is 204 g/mol. The zero-order chi connectivity index (χ0) is 9.52. The van der Waals surface area contributed by atoms with Crippen LogP contribution in [0.5, 0.6) is 0 Å². The summed E-state index contributed by atoms with van der Waals surface area (Å²) < 4.78 is 5.57. The van der Waals surface area contributed by atoms with E-state index in [0.29, 0.717) is 12.1 Å². The first kappa shape index (κ1) is 11.3. The van der Waals surface area contributed by atoms with Gasteiger partial charge in [-0.2, -0.15) is 11.8 Å². The smallest absolute Gasteiger partial charge is 0.0790 e. The van der Waals surface area contributed by atoms with Crippen molar-refractivity contribution in [2.45, 2.75) is 25.5 Å². The molecule has 3 nitrogen and oxygen atoms in total. The first-order valence-electron chi connectivity index (χ1n) is 4.98. The van der Waals surface area contributed by atoms with E-state index in [-0.39, 0.29) is 0 Å². The molecule has 0 bridgehead atoms. The van der Waals surface area contributed by atoms with Crippen LogP contribution in [0.4, 0.5) is 0 Å². The van der Waals surface area contributed by atoms with Gasteiger partial charge in [0.15, 0.2) is 0 Å². The molecule has 1 saturated heterocycles. The first-order valence-corrected chi connectivity index (χ1v) is 6.14. The Morgan fingerprint density at radius 2 is 2.54 bits per heavy atom. The molecule has 0 aromatic heterocycles. The minimum absolute atomic E-state index is 0.349. The highest BCUT2D eigenvalue weighted by Crippen LogP contribution is 2.09. The molecule has 4 heteroatoms. The number of hydrogen-bond donors (Lipinski definition) is 2. The molecule has 1 aliphatic heterocycles. The fraction of sp³-hybridized carbons (Fsp3) is 1.00. The van der Waals surface area contributed by atoms with Crippen LogP contribution >= 0.6 is 11.8 Å². The normalized spacial score (nSPS) is 25.8. The van der Waals surface area contributed by atoms with E-state index in [9.17, 15) is 0 Å². The van der Waals surface area contributed by atoms with E-state index in [1.165, 1.54) is 0 Å². The van der Waals surface area contributed by atoms with Gasteiger partial charge in [0, 0.05) is 30.6 Å². The molecule has 1 heterocycles. The molecule has 0 saturated carbocycles. The molecule has 13 heavy (non-hydrogen) atoms. The summed E-state index contributed by atoms with van der Waals surface area (Å²) >= 11 is 1.90. The van der Waals surface area contributed by atoms with Crippen molar-refractivity contribution in [3.05, 3.63) is 0 Å². The summed E-state index contributed by atoms with van der Waals surface area (Å²) in [6, 6.07) is 0.349. The van der Waals surface area contributed by atoms with E-state index < -0.39 is 0 Å². The minimum atomic E-state index is 0.349. The molecule has 0 aromatic carbocycles. The molecule has 0 spiro atoms. The van der Waals surface area contributed by atoms with E-state index in [0.717, 1.165) is 37.6 Å². The quantitative estimate of drug-likeness (QED) is 0.682. The van der Waals surface area contributed by atoms with E-state index in [4.69, 9.17) is 10.5 Å². The maximum atomic E-state index is 5.81. The summed E-state index contributed by atoms with van der Waals surface area (Å²) in [5.74, 6) is 2.12. The van der Waals surface area contributed by atoms with Crippen LogP contribution in [0, 0.1) is 0 Å². The van der Waals surface area contributed by atoms with Gasteiger partial charge >= 0.3 is 0 Å². The number of rotatable bonds is 5. The molecule has 1 rings (SSSR count). The van der Waals surface area contributed by atoms with Gasteiger partial charge in [0.1, 0.15) is 0 Å². The SMILES string of the molecule is CCC(N)CSCC1CNCCO1. The predicted octanol–water partition coefficient (Wildman–Crippen LogP) is 0.445. The number of morpholine rings is 1. The van der Waals surface area contributed by atoms with Crippen LogP contribution in [0.3, 0.4) is 0 Å². The largest absolute Gasteiger partial charge is 0.375 e. The van der Waals surface area contributed by atoms with Crippen molar-refractivity contribution in [3.8, 4) is 0 Å². The second kappa shape index (κ2) is 6.65. The third kappa shape index (κ3) is 4.86. The fourth-order valence-electron chi connectivity index (χ4n) is 1.20. The topological polar surface area (TPSA) is 47.3 Å². The van der Waals surface area contributed by atoms with Crippen molar-refractivity contribution < 1.29 is 4.74 Å². The van der Waals surface area contributed by atoms with Crippen LogP contribution in [0.2, 0.25) is 0 Å². The van der Waals surface area contributed by atoms with Crippen molar-refractivity contribution in [1.82, 2.24) is 5.32 Å². The number of hydrogen-bond acceptors (Lipinski definition) is 4. The second-order valence-corrected chi connectivity index (χ2v) is 4.48. The fourth-order valence-corrected chi connectivity index (χ4v) is 2.35. The maximum Gasteiger partial charge on any atom is 0.0790 e.